The summed E-state index contributed by atoms with van der Waals surface area (Å²) in [5.74, 6) is 0.560. The van der Waals surface area contributed by atoms with Gasteiger partial charge in [-0.05, 0) is 109 Å². The van der Waals surface area contributed by atoms with Crippen LogP contribution in [0.5, 0.6) is 0 Å². The number of carbonyl (C=O) groups is 6. The molecule has 2 fully saturated rings. The van der Waals surface area contributed by atoms with E-state index in [1.54, 1.807) is 13.8 Å². The molecular weight excluding hydrogens is 885 g/mol. The number of nitrogens with zero attached hydrogens (tertiary/aromatic N) is 2. The number of carbonyl (C=O) groups excluding carboxylic acids is 6. The zero-order chi connectivity index (χ0) is 50.3. The smallest absolute Gasteiger partial charge is 0.343 e. The summed E-state index contributed by atoms with van der Waals surface area (Å²) in [5.41, 5.74) is 5.11. The number of hydrogen-bond acceptors (Lipinski definition) is 12. The molecule has 12 heteroatoms. The van der Waals surface area contributed by atoms with Crippen LogP contribution in [0.25, 0.3) is 0 Å². The number of fused-ring (bicyclic) bond motifs is 6. The molecule has 4 heterocycles. The van der Waals surface area contributed by atoms with Crippen molar-refractivity contribution < 1.29 is 47.7 Å². The average Bonchev–Trinajstić information content (AvgIpc) is 3.37. The van der Waals surface area contributed by atoms with Crippen molar-refractivity contribution in [2.24, 2.45) is 23.7 Å². The van der Waals surface area contributed by atoms with E-state index in [-0.39, 0.29) is 48.1 Å². The second kappa shape index (κ2) is 22.6. The number of piperidine rings is 2. The first-order valence-corrected chi connectivity index (χ1v) is 24.9. The zero-order valence-corrected chi connectivity index (χ0v) is 42.1. The molecule has 8 rings (SSSR count). The van der Waals surface area contributed by atoms with Crippen molar-refractivity contribution in [1.29, 1.82) is 0 Å². The molecule has 372 valence electrons. The van der Waals surface area contributed by atoms with Gasteiger partial charge in [-0.15, -0.1) is 0 Å². The fourth-order valence-corrected chi connectivity index (χ4v) is 11.3. The summed E-state index contributed by atoms with van der Waals surface area (Å²) in [6, 6.07) is 26.3. The molecule has 4 aliphatic rings. The van der Waals surface area contributed by atoms with Crippen LogP contribution in [0.4, 0.5) is 0 Å². The summed E-state index contributed by atoms with van der Waals surface area (Å²) >= 11 is 0. The number of benzene rings is 4. The zero-order valence-electron chi connectivity index (χ0n) is 42.1. The van der Waals surface area contributed by atoms with Crippen LogP contribution >= 0.6 is 0 Å². The number of methoxy groups -OCH3 is 2. The van der Waals surface area contributed by atoms with Crippen LogP contribution in [-0.4, -0.2) is 99.5 Å². The number of aldehydes is 4. The van der Waals surface area contributed by atoms with Crippen LogP contribution in [0.15, 0.2) is 84.9 Å². The van der Waals surface area contributed by atoms with Crippen molar-refractivity contribution >= 4 is 37.1 Å². The van der Waals surface area contributed by atoms with E-state index < -0.39 is 11.2 Å². The van der Waals surface area contributed by atoms with E-state index in [9.17, 15) is 28.8 Å². The van der Waals surface area contributed by atoms with E-state index in [0.29, 0.717) is 46.9 Å². The molecule has 0 radical (unpaired) electrons. The van der Waals surface area contributed by atoms with Gasteiger partial charge in [-0.3, -0.25) is 29.0 Å². The van der Waals surface area contributed by atoms with Gasteiger partial charge in [0.25, 0.3) is 0 Å². The summed E-state index contributed by atoms with van der Waals surface area (Å²) in [6.07, 6.45) is 7.28. The third kappa shape index (κ3) is 11.0. The third-order valence-electron chi connectivity index (χ3n) is 15.3. The number of esters is 2. The van der Waals surface area contributed by atoms with E-state index in [4.69, 9.17) is 18.9 Å². The third-order valence-corrected chi connectivity index (χ3v) is 15.3. The number of hydrogen-bond donors (Lipinski definition) is 0. The van der Waals surface area contributed by atoms with Crippen LogP contribution in [0.1, 0.15) is 154 Å². The maximum absolute atomic E-state index is 13.5. The second-order valence-electron chi connectivity index (χ2n) is 20.7. The Balaban J connectivity index is 0.000000206. The molecule has 0 amide bonds. The van der Waals surface area contributed by atoms with E-state index in [1.165, 1.54) is 14.2 Å². The highest BCUT2D eigenvalue weighted by Crippen LogP contribution is 2.45. The first-order valence-electron chi connectivity index (χ1n) is 24.9. The fourth-order valence-electron chi connectivity index (χ4n) is 11.3. The largest absolute Gasteiger partial charge is 0.460 e. The summed E-state index contributed by atoms with van der Waals surface area (Å²) in [4.78, 5) is 78.2. The summed E-state index contributed by atoms with van der Waals surface area (Å²) < 4.78 is 23.9. The number of ether oxygens (including phenoxy) is 4. The molecule has 4 aromatic carbocycles. The Labute approximate surface area is 413 Å². The molecule has 0 saturated carbocycles. The second-order valence-corrected chi connectivity index (χ2v) is 20.7. The minimum absolute atomic E-state index is 0.0323. The molecule has 2 saturated heterocycles. The molecule has 0 aromatic heterocycles. The Bertz CT molecular complexity index is 2340. The van der Waals surface area contributed by atoms with Gasteiger partial charge in [0.15, 0.2) is 36.3 Å². The van der Waals surface area contributed by atoms with E-state index in [2.05, 4.69) is 37.5 Å². The van der Waals surface area contributed by atoms with Crippen molar-refractivity contribution in [3.05, 3.63) is 141 Å². The molecule has 0 bridgehead atoms. The lowest BCUT2D eigenvalue weighted by molar-refractivity contribution is -0.182. The van der Waals surface area contributed by atoms with Crippen molar-refractivity contribution in [2.45, 2.75) is 116 Å². The Morgan fingerprint density at radius 2 is 0.914 bits per heavy atom. The van der Waals surface area contributed by atoms with Gasteiger partial charge in [-0.2, -0.15) is 0 Å². The van der Waals surface area contributed by atoms with Gasteiger partial charge in [-0.25, -0.2) is 9.59 Å². The lowest BCUT2D eigenvalue weighted by Crippen LogP contribution is -2.51. The molecule has 0 aliphatic carbocycles. The topological polar surface area (TPSA) is 146 Å². The van der Waals surface area contributed by atoms with E-state index in [1.807, 2.05) is 84.9 Å². The van der Waals surface area contributed by atoms with Gasteiger partial charge in [0, 0.05) is 99.4 Å². The first kappa shape index (κ1) is 52.2. The van der Waals surface area contributed by atoms with Gasteiger partial charge < -0.3 is 18.9 Å². The van der Waals surface area contributed by atoms with Crippen molar-refractivity contribution in [2.75, 3.05) is 40.4 Å². The van der Waals surface area contributed by atoms with Gasteiger partial charge >= 0.3 is 11.9 Å². The van der Waals surface area contributed by atoms with Gasteiger partial charge in [0.05, 0.1) is 0 Å². The van der Waals surface area contributed by atoms with Crippen molar-refractivity contribution in [3.63, 3.8) is 0 Å². The van der Waals surface area contributed by atoms with Crippen LogP contribution in [0, 0.1) is 23.7 Å². The number of rotatable bonds is 16. The molecule has 0 unspecified atom stereocenters. The van der Waals surface area contributed by atoms with Crippen molar-refractivity contribution in [3.8, 4) is 0 Å². The highest BCUT2D eigenvalue weighted by Gasteiger charge is 2.47. The molecule has 0 N–H and O–H groups in total. The lowest BCUT2D eigenvalue weighted by Gasteiger charge is -2.47. The normalized spacial score (nSPS) is 23.6. The SMILES string of the molecule is CO[C@@](C)(C(=O)O[C@@H]1C[C@H]2c3cc(C=O)c(C=O)cc3CCN2C[C@H]1CC(C)C)c1ccccc1.CO[C@@](C)(C(=O)O[C@H]1C[C@@H]2c3cc(C=O)c(C=O)cc3CCN2C[C@@H]1CC(C)C)c1ccccc1. The van der Waals surface area contributed by atoms with Crippen LogP contribution < -0.4 is 0 Å². The van der Waals surface area contributed by atoms with Gasteiger partial charge in [-0.1, -0.05) is 88.4 Å². The summed E-state index contributed by atoms with van der Waals surface area (Å²) in [5, 5.41) is 0. The van der Waals surface area contributed by atoms with Crippen LogP contribution in [0.3, 0.4) is 0 Å². The maximum Gasteiger partial charge on any atom is 0.343 e. The van der Waals surface area contributed by atoms with Crippen molar-refractivity contribution in [1.82, 2.24) is 9.80 Å². The molecule has 8 atom stereocenters. The Morgan fingerprint density at radius 3 is 1.23 bits per heavy atom. The standard InChI is InChI=1S/2C29H35NO5/c2*1-19(2)12-21-16-30-11-10-20-13-22(17-31)23(18-32)14-25(20)26(30)15-27(21)35-28(33)29(3,34-4)24-8-6-5-7-9-24/h2*5-9,13-14,17-19,21,26-27H,10-12,15-16H2,1-4H3/t21-,26+,27-,29+;21-,26+,27-,29-/m01/s1. The predicted octanol–water partition coefficient (Wildman–Crippen LogP) is 9.50. The van der Waals surface area contributed by atoms with Gasteiger partial charge in [0.2, 0.25) is 0 Å². The van der Waals surface area contributed by atoms with E-state index in [0.717, 1.165) is 110 Å². The van der Waals surface area contributed by atoms with Gasteiger partial charge in [0.1, 0.15) is 12.2 Å². The van der Waals surface area contributed by atoms with Crippen LogP contribution in [0.2, 0.25) is 0 Å². The molecule has 4 aliphatic heterocycles. The molecule has 0 spiro atoms. The lowest BCUT2D eigenvalue weighted by atomic mass is 9.78. The minimum Gasteiger partial charge on any atom is -0.460 e. The Kier molecular flexibility index (Phi) is 16.9. The maximum atomic E-state index is 13.5. The minimum atomic E-state index is -1.20. The molecule has 4 aromatic rings. The average molecular weight is 955 g/mol. The molecular formula is C58H70N2O10. The summed E-state index contributed by atoms with van der Waals surface area (Å²) in [7, 11) is 3.07. The highest BCUT2D eigenvalue weighted by molar-refractivity contribution is 5.92. The molecule has 12 nitrogen and oxygen atoms in total. The first-order chi connectivity index (χ1) is 33.6. The molecule has 70 heavy (non-hydrogen) atoms. The Morgan fingerprint density at radius 1 is 0.571 bits per heavy atom. The fraction of sp³-hybridized carbons (Fsp3) is 0.483. The monoisotopic (exact) mass is 955 g/mol. The quantitative estimate of drug-likeness (QED) is 0.0779. The predicted molar refractivity (Wildman–Crippen MR) is 267 cm³/mol. The highest BCUT2D eigenvalue weighted by atomic mass is 16.6. The van der Waals surface area contributed by atoms with E-state index >= 15 is 0 Å². The van der Waals surface area contributed by atoms with Crippen LogP contribution in [-0.2, 0) is 52.6 Å². The Hall–Kier alpha value is -5.66. The summed E-state index contributed by atoms with van der Waals surface area (Å²) in [6.45, 7) is 15.7.